The summed E-state index contributed by atoms with van der Waals surface area (Å²) in [6.07, 6.45) is 0. The fourth-order valence-electron chi connectivity index (χ4n) is 2.13. The summed E-state index contributed by atoms with van der Waals surface area (Å²) in [6, 6.07) is 2.36. The number of thiophene rings is 1. The fourth-order valence-corrected chi connectivity index (χ4v) is 3.15. The Bertz CT molecular complexity index is 377. The lowest BCUT2D eigenvalue weighted by atomic mass is 10.2. The number of likely N-dealkylation sites (N-methyl/N-ethyl adjacent to an activating group) is 1. The molecule has 1 heterocycles. The Hall–Kier alpha value is -0.420. The molecule has 1 aromatic heterocycles. The summed E-state index contributed by atoms with van der Waals surface area (Å²) in [5.41, 5.74) is 1.47. The summed E-state index contributed by atoms with van der Waals surface area (Å²) >= 11 is 1.92. The third kappa shape index (κ3) is 6.35. The Morgan fingerprint density at radius 2 is 2.15 bits per heavy atom. The maximum absolute atomic E-state index is 5.17. The van der Waals surface area contributed by atoms with Gasteiger partial charge >= 0.3 is 0 Å². The molecule has 0 saturated carbocycles. The van der Waals surface area contributed by atoms with E-state index in [1.165, 1.54) is 15.3 Å². The Kier molecular flexibility index (Phi) is 8.38. The van der Waals surface area contributed by atoms with E-state index >= 15 is 0 Å². The molecule has 0 aliphatic rings. The first-order valence-corrected chi connectivity index (χ1v) is 8.38. The Labute approximate surface area is 128 Å². The number of nitrogens with zero attached hydrogens (tertiary/aromatic N) is 1. The van der Waals surface area contributed by atoms with Crippen molar-refractivity contribution in [2.45, 2.75) is 40.8 Å². The average Bonchev–Trinajstić information content (AvgIpc) is 2.74. The van der Waals surface area contributed by atoms with Crippen molar-refractivity contribution in [3.05, 3.63) is 21.4 Å². The highest BCUT2D eigenvalue weighted by Crippen LogP contribution is 2.23. The molecule has 0 saturated heterocycles. The van der Waals surface area contributed by atoms with Crippen molar-refractivity contribution >= 4 is 11.3 Å². The molecule has 0 aromatic carbocycles. The predicted molar refractivity (Wildman–Crippen MR) is 88.4 cm³/mol. The van der Waals surface area contributed by atoms with Crippen molar-refractivity contribution in [3.63, 3.8) is 0 Å². The van der Waals surface area contributed by atoms with Crippen LogP contribution >= 0.6 is 11.3 Å². The molecule has 0 spiro atoms. The summed E-state index contributed by atoms with van der Waals surface area (Å²) in [6.45, 7) is 14.9. The molecule has 0 bridgehead atoms. The molecular weight excluding hydrogens is 268 g/mol. The van der Waals surface area contributed by atoms with Gasteiger partial charge in [-0.05, 0) is 37.6 Å². The van der Waals surface area contributed by atoms with E-state index in [-0.39, 0.29) is 0 Å². The zero-order chi connectivity index (χ0) is 15.0. The lowest BCUT2D eigenvalue weighted by molar-refractivity contribution is 0.147. The maximum atomic E-state index is 5.17. The second-order valence-electron chi connectivity index (χ2n) is 5.68. The largest absolute Gasteiger partial charge is 0.383 e. The second kappa shape index (κ2) is 9.50. The lowest BCUT2D eigenvalue weighted by Gasteiger charge is -2.19. The quantitative estimate of drug-likeness (QED) is 0.717. The topological polar surface area (TPSA) is 24.5 Å². The van der Waals surface area contributed by atoms with Crippen molar-refractivity contribution in [2.75, 3.05) is 33.4 Å². The molecule has 1 rings (SSSR count). The van der Waals surface area contributed by atoms with Gasteiger partial charge in [0.15, 0.2) is 0 Å². The van der Waals surface area contributed by atoms with Gasteiger partial charge in [-0.1, -0.05) is 20.8 Å². The van der Waals surface area contributed by atoms with Crippen LogP contribution < -0.4 is 5.32 Å². The minimum absolute atomic E-state index is 0.708. The van der Waals surface area contributed by atoms with Crippen molar-refractivity contribution in [1.29, 1.82) is 0 Å². The van der Waals surface area contributed by atoms with Crippen LogP contribution in [0.1, 0.15) is 36.1 Å². The number of hydrogen-bond donors (Lipinski definition) is 1. The molecule has 0 aliphatic carbocycles. The monoisotopic (exact) mass is 298 g/mol. The van der Waals surface area contributed by atoms with Crippen LogP contribution in [-0.4, -0.2) is 38.3 Å². The molecule has 4 heteroatoms. The minimum Gasteiger partial charge on any atom is -0.383 e. The SMILES string of the molecule is CCN(CCOC)Cc1cc(CNCC(C)C)sc1C. The Balaban J connectivity index is 2.51. The number of nitrogens with one attached hydrogen (secondary N) is 1. The Morgan fingerprint density at radius 1 is 1.40 bits per heavy atom. The van der Waals surface area contributed by atoms with E-state index in [0.717, 1.165) is 39.3 Å². The smallest absolute Gasteiger partial charge is 0.0589 e. The van der Waals surface area contributed by atoms with E-state index < -0.39 is 0 Å². The summed E-state index contributed by atoms with van der Waals surface area (Å²) in [7, 11) is 1.77. The normalized spacial score (nSPS) is 11.8. The highest BCUT2D eigenvalue weighted by atomic mass is 32.1. The summed E-state index contributed by atoms with van der Waals surface area (Å²) < 4.78 is 5.17. The lowest BCUT2D eigenvalue weighted by Crippen LogP contribution is -2.26. The Morgan fingerprint density at radius 3 is 2.75 bits per heavy atom. The van der Waals surface area contributed by atoms with Gasteiger partial charge in [0.05, 0.1) is 6.61 Å². The molecule has 0 atom stereocenters. The van der Waals surface area contributed by atoms with Gasteiger partial charge in [0.25, 0.3) is 0 Å². The summed E-state index contributed by atoms with van der Waals surface area (Å²) in [5, 5.41) is 3.52. The van der Waals surface area contributed by atoms with E-state index in [9.17, 15) is 0 Å². The predicted octanol–water partition coefficient (Wildman–Crippen LogP) is 3.27. The van der Waals surface area contributed by atoms with Crippen molar-refractivity contribution in [3.8, 4) is 0 Å². The number of rotatable bonds is 10. The van der Waals surface area contributed by atoms with Gasteiger partial charge in [0, 0.05) is 36.5 Å². The van der Waals surface area contributed by atoms with Gasteiger partial charge in [-0.25, -0.2) is 0 Å². The first-order valence-electron chi connectivity index (χ1n) is 7.57. The molecule has 0 amide bonds. The highest BCUT2D eigenvalue weighted by Gasteiger charge is 2.09. The molecule has 0 aliphatic heterocycles. The van der Waals surface area contributed by atoms with E-state index in [1.54, 1.807) is 7.11 Å². The van der Waals surface area contributed by atoms with Crippen LogP contribution in [0.4, 0.5) is 0 Å². The van der Waals surface area contributed by atoms with Crippen molar-refractivity contribution < 1.29 is 4.74 Å². The van der Waals surface area contributed by atoms with Crippen LogP contribution in [0, 0.1) is 12.8 Å². The van der Waals surface area contributed by atoms with Crippen LogP contribution in [-0.2, 0) is 17.8 Å². The number of ether oxygens (including phenoxy) is 1. The summed E-state index contributed by atoms with van der Waals surface area (Å²) in [5.74, 6) is 0.708. The van der Waals surface area contributed by atoms with Crippen LogP contribution in [0.2, 0.25) is 0 Å². The van der Waals surface area contributed by atoms with Crippen molar-refractivity contribution in [2.24, 2.45) is 5.92 Å². The first kappa shape index (κ1) is 17.6. The zero-order valence-corrected chi connectivity index (χ0v) is 14.5. The standard InChI is InChI=1S/C16H30N2OS/c1-6-18(7-8-19-5)12-15-9-16(20-14(15)4)11-17-10-13(2)3/h9,13,17H,6-8,10-12H2,1-5H3. The van der Waals surface area contributed by atoms with Crippen LogP contribution in [0.15, 0.2) is 6.07 Å². The molecule has 1 aromatic rings. The molecule has 1 N–H and O–H groups in total. The second-order valence-corrected chi connectivity index (χ2v) is 7.02. The van der Waals surface area contributed by atoms with Crippen LogP contribution in [0.25, 0.3) is 0 Å². The molecular formula is C16H30N2OS. The zero-order valence-electron chi connectivity index (χ0n) is 13.7. The number of methoxy groups -OCH3 is 1. The highest BCUT2D eigenvalue weighted by molar-refractivity contribution is 7.12. The van der Waals surface area contributed by atoms with Gasteiger partial charge in [-0.2, -0.15) is 0 Å². The third-order valence-corrected chi connectivity index (χ3v) is 4.47. The van der Waals surface area contributed by atoms with Gasteiger partial charge in [-0.15, -0.1) is 11.3 Å². The van der Waals surface area contributed by atoms with E-state index in [4.69, 9.17) is 4.74 Å². The molecule has 0 radical (unpaired) electrons. The molecule has 0 unspecified atom stereocenters. The number of hydrogen-bond acceptors (Lipinski definition) is 4. The fraction of sp³-hybridized carbons (Fsp3) is 0.750. The molecule has 116 valence electrons. The van der Waals surface area contributed by atoms with Crippen LogP contribution in [0.5, 0.6) is 0 Å². The average molecular weight is 298 g/mol. The van der Waals surface area contributed by atoms with E-state index in [1.807, 2.05) is 11.3 Å². The van der Waals surface area contributed by atoms with E-state index in [2.05, 4.69) is 44.0 Å². The van der Waals surface area contributed by atoms with Gasteiger partial charge < -0.3 is 10.1 Å². The first-order chi connectivity index (χ1) is 9.56. The minimum atomic E-state index is 0.708. The third-order valence-electron chi connectivity index (χ3n) is 3.38. The summed E-state index contributed by atoms with van der Waals surface area (Å²) in [4.78, 5) is 5.33. The molecule has 3 nitrogen and oxygen atoms in total. The van der Waals surface area contributed by atoms with Gasteiger partial charge in [-0.3, -0.25) is 4.90 Å². The van der Waals surface area contributed by atoms with Gasteiger partial charge in [0.2, 0.25) is 0 Å². The molecule has 20 heavy (non-hydrogen) atoms. The number of aryl methyl sites for hydroxylation is 1. The van der Waals surface area contributed by atoms with E-state index in [0.29, 0.717) is 5.92 Å². The molecule has 0 fully saturated rings. The van der Waals surface area contributed by atoms with Gasteiger partial charge in [0.1, 0.15) is 0 Å². The maximum Gasteiger partial charge on any atom is 0.0589 e. The van der Waals surface area contributed by atoms with Crippen LogP contribution in [0.3, 0.4) is 0 Å². The van der Waals surface area contributed by atoms with Crippen molar-refractivity contribution in [1.82, 2.24) is 10.2 Å².